The van der Waals surface area contributed by atoms with Crippen LogP contribution in [0.5, 0.6) is 0 Å². The lowest BCUT2D eigenvalue weighted by Gasteiger charge is -2.19. The summed E-state index contributed by atoms with van der Waals surface area (Å²) in [7, 11) is 1.83. The van der Waals surface area contributed by atoms with Gasteiger partial charge in [-0.2, -0.15) is 0 Å². The predicted molar refractivity (Wildman–Crippen MR) is 55.7 cm³/mol. The van der Waals surface area contributed by atoms with Crippen LogP contribution in [-0.4, -0.2) is 31.1 Å². The van der Waals surface area contributed by atoms with E-state index < -0.39 is 5.83 Å². The van der Waals surface area contributed by atoms with Crippen molar-refractivity contribution in [2.24, 2.45) is 0 Å². The molecule has 1 heterocycles. The monoisotopic (exact) mass is 211 g/mol. The van der Waals surface area contributed by atoms with Gasteiger partial charge in [0, 0.05) is 19.7 Å². The van der Waals surface area contributed by atoms with Crippen LogP contribution in [0.15, 0.2) is 35.8 Å². The summed E-state index contributed by atoms with van der Waals surface area (Å²) in [6.07, 6.45) is 2.81. The summed E-state index contributed by atoms with van der Waals surface area (Å²) < 4.78 is 17.2. The molecule has 0 aliphatic carbocycles. The number of cyclic esters (lactones) is 1. The number of halogens is 1. The summed E-state index contributed by atoms with van der Waals surface area (Å²) in [6, 6.07) is 0. The fourth-order valence-corrected chi connectivity index (χ4v) is 1.37. The molecule has 1 aliphatic heterocycles. The van der Waals surface area contributed by atoms with E-state index in [1.54, 1.807) is 6.92 Å². The molecule has 0 spiro atoms. The van der Waals surface area contributed by atoms with Gasteiger partial charge < -0.3 is 9.64 Å². The van der Waals surface area contributed by atoms with Crippen LogP contribution in [0.25, 0.3) is 0 Å². The fourth-order valence-electron chi connectivity index (χ4n) is 1.37. The fraction of sp³-hybridized carbons (Fsp3) is 0.364. The first kappa shape index (κ1) is 11.5. The van der Waals surface area contributed by atoms with Crippen LogP contribution in [0.1, 0.15) is 6.92 Å². The molecule has 0 aromatic carbocycles. The molecule has 4 heteroatoms. The van der Waals surface area contributed by atoms with Crippen LogP contribution < -0.4 is 0 Å². The average molecular weight is 211 g/mol. The average Bonchev–Trinajstić information content (AvgIpc) is 2.49. The van der Waals surface area contributed by atoms with Crippen LogP contribution in [0.4, 0.5) is 4.39 Å². The predicted octanol–water partition coefficient (Wildman–Crippen LogP) is 1.79. The molecule has 82 valence electrons. The van der Waals surface area contributed by atoms with Gasteiger partial charge in [-0.15, -0.1) is 0 Å². The SMILES string of the molecule is C=C(F)C=C(C)CN(C)C1=CC(=O)OC1. The highest BCUT2D eigenvalue weighted by molar-refractivity contribution is 5.85. The van der Waals surface area contributed by atoms with Crippen molar-refractivity contribution >= 4 is 5.97 Å². The van der Waals surface area contributed by atoms with Crippen molar-refractivity contribution in [3.8, 4) is 0 Å². The van der Waals surface area contributed by atoms with Crippen LogP contribution in [0.2, 0.25) is 0 Å². The zero-order chi connectivity index (χ0) is 11.4. The zero-order valence-corrected chi connectivity index (χ0v) is 8.92. The Balaban J connectivity index is 2.56. The molecule has 0 radical (unpaired) electrons. The number of ether oxygens (including phenoxy) is 1. The molecular formula is C11H14FNO2. The Morgan fingerprint density at radius 1 is 1.80 bits per heavy atom. The highest BCUT2D eigenvalue weighted by atomic mass is 19.1. The van der Waals surface area contributed by atoms with Gasteiger partial charge in [0.25, 0.3) is 0 Å². The summed E-state index contributed by atoms with van der Waals surface area (Å²) >= 11 is 0. The maximum absolute atomic E-state index is 12.5. The smallest absolute Gasteiger partial charge is 0.333 e. The van der Waals surface area contributed by atoms with Gasteiger partial charge in [0.15, 0.2) is 0 Å². The minimum absolute atomic E-state index is 0.291. The van der Waals surface area contributed by atoms with E-state index in [4.69, 9.17) is 4.74 Å². The second-order valence-corrected chi connectivity index (χ2v) is 3.54. The highest BCUT2D eigenvalue weighted by Gasteiger charge is 2.16. The van der Waals surface area contributed by atoms with Crippen LogP contribution in [0, 0.1) is 0 Å². The summed E-state index contributed by atoms with van der Waals surface area (Å²) in [5.74, 6) is -0.790. The van der Waals surface area contributed by atoms with Gasteiger partial charge in [-0.05, 0) is 13.0 Å². The summed E-state index contributed by atoms with van der Waals surface area (Å²) in [5, 5.41) is 0. The number of allylic oxidation sites excluding steroid dienone is 2. The van der Waals surface area contributed by atoms with Gasteiger partial charge in [-0.1, -0.05) is 12.2 Å². The number of rotatable bonds is 4. The topological polar surface area (TPSA) is 29.5 Å². The molecule has 0 saturated heterocycles. The highest BCUT2D eigenvalue weighted by Crippen LogP contribution is 2.12. The first-order chi connectivity index (χ1) is 6.99. The number of carbonyl (C=O) groups excluding carboxylic acids is 1. The maximum Gasteiger partial charge on any atom is 0.333 e. The van der Waals surface area contributed by atoms with Gasteiger partial charge in [0.2, 0.25) is 0 Å². The third-order valence-electron chi connectivity index (χ3n) is 2.03. The lowest BCUT2D eigenvalue weighted by Crippen LogP contribution is -2.20. The molecule has 1 rings (SSSR count). The second kappa shape index (κ2) is 4.77. The Labute approximate surface area is 88.5 Å². The maximum atomic E-state index is 12.5. The van der Waals surface area contributed by atoms with Crippen molar-refractivity contribution < 1.29 is 13.9 Å². The van der Waals surface area contributed by atoms with Gasteiger partial charge >= 0.3 is 5.97 Å². The van der Waals surface area contributed by atoms with Crippen molar-refractivity contribution in [3.63, 3.8) is 0 Å². The molecule has 0 bridgehead atoms. The largest absolute Gasteiger partial charge is 0.456 e. The number of esters is 1. The normalized spacial score (nSPS) is 16.1. The Bertz CT molecular complexity index is 344. The van der Waals surface area contributed by atoms with Crippen molar-refractivity contribution in [3.05, 3.63) is 35.8 Å². The van der Waals surface area contributed by atoms with Crippen LogP contribution in [-0.2, 0) is 9.53 Å². The summed E-state index contributed by atoms with van der Waals surface area (Å²) in [4.78, 5) is 12.7. The van der Waals surface area contributed by atoms with Gasteiger partial charge in [-0.3, -0.25) is 0 Å². The standard InChI is InChI=1S/C11H14FNO2/c1-8(4-9(2)12)6-13(3)10-5-11(14)15-7-10/h4-5H,2,6-7H2,1,3H3. The Kier molecular flexibility index (Phi) is 3.66. The quantitative estimate of drug-likeness (QED) is 0.524. The molecule has 0 saturated carbocycles. The first-order valence-electron chi connectivity index (χ1n) is 4.59. The van der Waals surface area contributed by atoms with Crippen LogP contribution >= 0.6 is 0 Å². The van der Waals surface area contributed by atoms with Gasteiger partial charge in [0.1, 0.15) is 12.4 Å². The van der Waals surface area contributed by atoms with E-state index in [2.05, 4.69) is 6.58 Å². The molecule has 0 atom stereocenters. The number of hydrogen-bond donors (Lipinski definition) is 0. The molecule has 1 aliphatic rings. The molecule has 0 unspecified atom stereocenters. The van der Waals surface area contributed by atoms with E-state index in [0.29, 0.717) is 13.2 Å². The number of hydrogen-bond acceptors (Lipinski definition) is 3. The van der Waals surface area contributed by atoms with Crippen LogP contribution in [0.3, 0.4) is 0 Å². The van der Waals surface area contributed by atoms with Crippen molar-refractivity contribution in [1.82, 2.24) is 4.90 Å². The molecule has 15 heavy (non-hydrogen) atoms. The number of nitrogens with zero attached hydrogens (tertiary/aromatic N) is 1. The van der Waals surface area contributed by atoms with E-state index >= 15 is 0 Å². The van der Waals surface area contributed by atoms with Gasteiger partial charge in [0.05, 0.1) is 5.70 Å². The molecular weight excluding hydrogens is 197 g/mol. The van der Waals surface area contributed by atoms with E-state index in [1.807, 2.05) is 11.9 Å². The minimum atomic E-state index is -0.464. The van der Waals surface area contributed by atoms with E-state index in [-0.39, 0.29) is 5.97 Å². The molecule has 0 amide bonds. The number of carbonyl (C=O) groups is 1. The van der Waals surface area contributed by atoms with E-state index in [1.165, 1.54) is 12.2 Å². The Morgan fingerprint density at radius 3 is 2.93 bits per heavy atom. The molecule has 0 aromatic heterocycles. The third kappa shape index (κ3) is 3.58. The van der Waals surface area contributed by atoms with Gasteiger partial charge in [-0.25, -0.2) is 9.18 Å². The minimum Gasteiger partial charge on any atom is -0.456 e. The Hall–Kier alpha value is -1.58. The lowest BCUT2D eigenvalue weighted by molar-refractivity contribution is -0.135. The summed E-state index contributed by atoms with van der Waals surface area (Å²) in [6.45, 7) is 5.80. The van der Waals surface area contributed by atoms with Crippen molar-refractivity contribution in [2.75, 3.05) is 20.2 Å². The Morgan fingerprint density at radius 2 is 2.47 bits per heavy atom. The molecule has 0 N–H and O–H groups in total. The van der Waals surface area contributed by atoms with E-state index in [0.717, 1.165) is 11.3 Å². The van der Waals surface area contributed by atoms with Crippen molar-refractivity contribution in [1.29, 1.82) is 0 Å². The van der Waals surface area contributed by atoms with E-state index in [9.17, 15) is 9.18 Å². The molecule has 0 fully saturated rings. The second-order valence-electron chi connectivity index (χ2n) is 3.54. The summed E-state index contributed by atoms with van der Waals surface area (Å²) in [5.41, 5.74) is 1.64. The molecule has 0 aromatic rings. The number of likely N-dealkylation sites (N-methyl/N-ethyl adjacent to an activating group) is 1. The first-order valence-corrected chi connectivity index (χ1v) is 4.59. The third-order valence-corrected chi connectivity index (χ3v) is 2.03. The molecule has 3 nitrogen and oxygen atoms in total. The zero-order valence-electron chi connectivity index (χ0n) is 8.92. The van der Waals surface area contributed by atoms with Crippen molar-refractivity contribution in [2.45, 2.75) is 6.92 Å². The lowest BCUT2D eigenvalue weighted by atomic mass is 10.2.